The van der Waals surface area contributed by atoms with Crippen molar-refractivity contribution >= 4 is 23.9 Å². The molecule has 1 saturated heterocycles. The average molecular weight is 474 g/mol. The SMILES string of the molecule is COC(=O)[C@H](CCCNC(=O)OCc1ccccc1)NC(=O)[C@@H]1CCCN1C(=O)C1CCCC1. The van der Waals surface area contributed by atoms with Crippen molar-refractivity contribution in [1.82, 2.24) is 15.5 Å². The lowest BCUT2D eigenvalue weighted by atomic mass is 10.1. The van der Waals surface area contributed by atoms with Gasteiger partial charge in [0, 0.05) is 19.0 Å². The predicted octanol–water partition coefficient (Wildman–Crippen LogP) is 2.53. The third-order valence-corrected chi connectivity index (χ3v) is 6.50. The van der Waals surface area contributed by atoms with Gasteiger partial charge in [-0.15, -0.1) is 0 Å². The molecule has 0 spiro atoms. The Hall–Kier alpha value is -3.10. The van der Waals surface area contributed by atoms with E-state index in [1.807, 2.05) is 30.3 Å². The highest BCUT2D eigenvalue weighted by molar-refractivity contribution is 5.91. The summed E-state index contributed by atoms with van der Waals surface area (Å²) < 4.78 is 10.0. The van der Waals surface area contributed by atoms with E-state index in [2.05, 4.69) is 10.6 Å². The van der Waals surface area contributed by atoms with Crippen LogP contribution in [0, 0.1) is 5.92 Å². The van der Waals surface area contributed by atoms with Crippen LogP contribution in [0.15, 0.2) is 30.3 Å². The summed E-state index contributed by atoms with van der Waals surface area (Å²) in [6, 6.07) is 7.96. The summed E-state index contributed by atoms with van der Waals surface area (Å²) in [4.78, 5) is 51.6. The number of esters is 1. The smallest absolute Gasteiger partial charge is 0.407 e. The minimum absolute atomic E-state index is 0.0116. The molecule has 3 amide bonds. The first-order valence-electron chi connectivity index (χ1n) is 12.1. The van der Waals surface area contributed by atoms with Crippen LogP contribution < -0.4 is 10.6 Å². The van der Waals surface area contributed by atoms with Crippen LogP contribution in [-0.4, -0.2) is 61.1 Å². The third-order valence-electron chi connectivity index (χ3n) is 6.50. The van der Waals surface area contributed by atoms with E-state index in [9.17, 15) is 19.2 Å². The minimum atomic E-state index is -0.844. The van der Waals surface area contributed by atoms with Gasteiger partial charge >= 0.3 is 12.1 Å². The molecule has 3 rings (SSSR count). The standard InChI is InChI=1S/C25H35N3O6/c1-33-24(31)20(13-7-15-26-25(32)34-17-18-9-3-2-4-10-18)27-22(29)21-14-8-16-28(21)23(30)19-11-5-6-12-19/h2-4,9-10,19-21H,5-8,11-17H2,1H3,(H,26,32)(H,27,29)/t20-,21-/m0/s1. The molecule has 1 aliphatic heterocycles. The van der Waals surface area contributed by atoms with E-state index in [1.165, 1.54) is 7.11 Å². The van der Waals surface area contributed by atoms with Crippen LogP contribution in [-0.2, 0) is 30.5 Å². The summed E-state index contributed by atoms with van der Waals surface area (Å²) in [5.74, 6) is -0.804. The molecule has 1 aromatic rings. The Morgan fingerprint density at radius 3 is 2.50 bits per heavy atom. The molecular formula is C25H35N3O6. The summed E-state index contributed by atoms with van der Waals surface area (Å²) in [7, 11) is 1.27. The van der Waals surface area contributed by atoms with Crippen molar-refractivity contribution in [2.24, 2.45) is 5.92 Å². The van der Waals surface area contributed by atoms with Gasteiger partial charge in [-0.3, -0.25) is 9.59 Å². The number of carbonyl (C=O) groups is 4. The molecule has 0 unspecified atom stereocenters. The number of amides is 3. The van der Waals surface area contributed by atoms with E-state index in [0.29, 0.717) is 25.8 Å². The van der Waals surface area contributed by atoms with Crippen molar-refractivity contribution in [1.29, 1.82) is 0 Å². The molecular weight excluding hydrogens is 438 g/mol. The number of alkyl carbamates (subject to hydrolysis) is 1. The molecule has 2 aliphatic rings. The lowest BCUT2D eigenvalue weighted by Crippen LogP contribution is -2.52. The van der Waals surface area contributed by atoms with Crippen LogP contribution in [0.4, 0.5) is 4.79 Å². The maximum atomic E-state index is 13.0. The second-order valence-electron chi connectivity index (χ2n) is 8.89. The van der Waals surface area contributed by atoms with E-state index in [0.717, 1.165) is 37.7 Å². The zero-order valence-electron chi connectivity index (χ0n) is 19.8. The van der Waals surface area contributed by atoms with Gasteiger partial charge in [-0.25, -0.2) is 9.59 Å². The van der Waals surface area contributed by atoms with E-state index in [4.69, 9.17) is 9.47 Å². The highest BCUT2D eigenvalue weighted by Gasteiger charge is 2.38. The Labute approximate surface area is 200 Å². The summed E-state index contributed by atoms with van der Waals surface area (Å²) >= 11 is 0. The Kier molecular flexibility index (Phi) is 9.73. The van der Waals surface area contributed by atoms with Gasteiger partial charge < -0.3 is 25.0 Å². The van der Waals surface area contributed by atoms with Crippen molar-refractivity contribution in [3.8, 4) is 0 Å². The molecule has 9 nitrogen and oxygen atoms in total. The van der Waals surface area contributed by atoms with E-state index in [-0.39, 0.29) is 30.9 Å². The number of likely N-dealkylation sites (tertiary alicyclic amines) is 1. The number of nitrogens with one attached hydrogen (secondary N) is 2. The summed E-state index contributed by atoms with van der Waals surface area (Å²) in [6.45, 7) is 1.03. The number of carbonyl (C=O) groups excluding carboxylic acids is 4. The highest BCUT2D eigenvalue weighted by atomic mass is 16.5. The minimum Gasteiger partial charge on any atom is -0.467 e. The van der Waals surface area contributed by atoms with Gasteiger partial charge in [0.05, 0.1) is 7.11 Å². The van der Waals surface area contributed by atoms with Gasteiger partial charge in [0.15, 0.2) is 0 Å². The van der Waals surface area contributed by atoms with Crippen LogP contribution in [0.2, 0.25) is 0 Å². The highest BCUT2D eigenvalue weighted by Crippen LogP contribution is 2.29. The van der Waals surface area contributed by atoms with Crippen molar-refractivity contribution in [3.05, 3.63) is 35.9 Å². The van der Waals surface area contributed by atoms with Crippen molar-refractivity contribution in [3.63, 3.8) is 0 Å². The number of methoxy groups -OCH3 is 1. The van der Waals surface area contributed by atoms with Crippen LogP contribution in [0.25, 0.3) is 0 Å². The van der Waals surface area contributed by atoms with Gasteiger partial charge in [0.2, 0.25) is 11.8 Å². The van der Waals surface area contributed by atoms with Gasteiger partial charge in [-0.1, -0.05) is 43.2 Å². The lowest BCUT2D eigenvalue weighted by Gasteiger charge is -2.28. The molecule has 186 valence electrons. The van der Waals surface area contributed by atoms with Crippen LogP contribution in [0.5, 0.6) is 0 Å². The van der Waals surface area contributed by atoms with Crippen molar-refractivity contribution < 1.29 is 28.7 Å². The largest absolute Gasteiger partial charge is 0.467 e. The second-order valence-corrected chi connectivity index (χ2v) is 8.89. The van der Waals surface area contributed by atoms with Crippen LogP contribution in [0.1, 0.15) is 56.9 Å². The Morgan fingerprint density at radius 2 is 1.79 bits per heavy atom. The molecule has 0 aromatic heterocycles. The Morgan fingerprint density at radius 1 is 1.06 bits per heavy atom. The number of benzene rings is 1. The van der Waals surface area contributed by atoms with Gasteiger partial charge in [0.1, 0.15) is 18.7 Å². The summed E-state index contributed by atoms with van der Waals surface area (Å²) in [5, 5.41) is 5.42. The second kappa shape index (κ2) is 13.0. The zero-order chi connectivity index (χ0) is 24.3. The number of hydrogen-bond donors (Lipinski definition) is 2. The fraction of sp³-hybridized carbons (Fsp3) is 0.600. The number of nitrogens with zero attached hydrogens (tertiary/aromatic N) is 1. The molecule has 34 heavy (non-hydrogen) atoms. The Bertz CT molecular complexity index is 840. The monoisotopic (exact) mass is 473 g/mol. The topological polar surface area (TPSA) is 114 Å². The van der Waals surface area contributed by atoms with E-state index in [1.54, 1.807) is 4.90 Å². The Balaban J connectivity index is 1.43. The van der Waals surface area contributed by atoms with Gasteiger partial charge in [-0.05, 0) is 44.1 Å². The molecule has 1 heterocycles. The first-order chi connectivity index (χ1) is 16.5. The van der Waals surface area contributed by atoms with E-state index >= 15 is 0 Å². The van der Waals surface area contributed by atoms with Crippen molar-refractivity contribution in [2.45, 2.75) is 70.1 Å². The van der Waals surface area contributed by atoms with Gasteiger partial charge in [-0.2, -0.15) is 0 Å². The normalized spacial score (nSPS) is 18.9. The fourth-order valence-electron chi connectivity index (χ4n) is 4.64. The number of ether oxygens (including phenoxy) is 2. The summed E-state index contributed by atoms with van der Waals surface area (Å²) in [5.41, 5.74) is 0.887. The number of hydrogen-bond acceptors (Lipinski definition) is 6. The maximum absolute atomic E-state index is 13.0. The molecule has 1 aromatic carbocycles. The maximum Gasteiger partial charge on any atom is 0.407 e. The molecule has 2 atom stereocenters. The lowest BCUT2D eigenvalue weighted by molar-refractivity contribution is -0.147. The zero-order valence-corrected chi connectivity index (χ0v) is 19.8. The van der Waals surface area contributed by atoms with Crippen LogP contribution in [0.3, 0.4) is 0 Å². The molecule has 0 radical (unpaired) electrons. The number of rotatable bonds is 10. The quantitative estimate of drug-likeness (QED) is 0.399. The molecule has 2 fully saturated rings. The first kappa shape index (κ1) is 25.5. The van der Waals surface area contributed by atoms with Crippen molar-refractivity contribution in [2.75, 3.05) is 20.2 Å². The van der Waals surface area contributed by atoms with Crippen LogP contribution >= 0.6 is 0 Å². The van der Waals surface area contributed by atoms with E-state index < -0.39 is 24.1 Å². The molecule has 9 heteroatoms. The summed E-state index contributed by atoms with van der Waals surface area (Å²) in [6.07, 6.45) is 5.43. The molecule has 1 saturated carbocycles. The fourth-order valence-corrected chi connectivity index (χ4v) is 4.64. The van der Waals surface area contributed by atoms with Gasteiger partial charge in [0.25, 0.3) is 0 Å². The predicted molar refractivity (Wildman–Crippen MR) is 125 cm³/mol. The third kappa shape index (κ3) is 7.20. The molecule has 1 aliphatic carbocycles. The molecule has 0 bridgehead atoms. The molecule has 2 N–H and O–H groups in total. The average Bonchev–Trinajstić information content (AvgIpc) is 3.57. The first-order valence-corrected chi connectivity index (χ1v) is 12.1.